The van der Waals surface area contributed by atoms with Gasteiger partial charge >= 0.3 is 0 Å². The van der Waals surface area contributed by atoms with Gasteiger partial charge in [0.05, 0.1) is 10.0 Å². The van der Waals surface area contributed by atoms with E-state index in [0.717, 1.165) is 24.3 Å². The summed E-state index contributed by atoms with van der Waals surface area (Å²) in [7, 11) is 0. The van der Waals surface area contributed by atoms with Crippen LogP contribution in [0.4, 0.5) is 0 Å². The molecule has 2 N–H and O–H groups in total. The van der Waals surface area contributed by atoms with Crippen molar-refractivity contribution in [2.24, 2.45) is 11.7 Å². The summed E-state index contributed by atoms with van der Waals surface area (Å²) in [4.78, 5) is 0. The van der Waals surface area contributed by atoms with Crippen LogP contribution in [0.2, 0.25) is 10.0 Å². The highest BCUT2D eigenvalue weighted by atomic mass is 35.5. The first-order valence-corrected chi connectivity index (χ1v) is 6.56. The van der Waals surface area contributed by atoms with E-state index in [0.29, 0.717) is 10.0 Å². The monoisotopic (exact) mass is 257 g/mol. The number of halogens is 2. The molecule has 1 nitrogen and oxygen atoms in total. The highest BCUT2D eigenvalue weighted by molar-refractivity contribution is 6.42. The maximum atomic E-state index is 6.47. The van der Waals surface area contributed by atoms with Crippen molar-refractivity contribution in [3.8, 4) is 0 Å². The number of nitrogens with two attached hydrogens (primary N) is 1. The fourth-order valence-electron chi connectivity index (χ4n) is 2.66. The third kappa shape index (κ3) is 2.09. The van der Waals surface area contributed by atoms with Gasteiger partial charge in [0.25, 0.3) is 0 Å². The smallest absolute Gasteiger partial charge is 0.0642 e. The van der Waals surface area contributed by atoms with Crippen LogP contribution >= 0.6 is 23.2 Å². The van der Waals surface area contributed by atoms with Gasteiger partial charge in [-0.1, -0.05) is 48.7 Å². The molecule has 0 spiro atoms. The first kappa shape index (κ1) is 12.2. The molecular weight excluding hydrogens is 241 g/mol. The molecule has 1 fully saturated rings. The molecule has 0 aliphatic heterocycles. The fourth-order valence-corrected chi connectivity index (χ4v) is 3.15. The van der Waals surface area contributed by atoms with Gasteiger partial charge in [0.15, 0.2) is 0 Å². The van der Waals surface area contributed by atoms with Crippen LogP contribution in [0.25, 0.3) is 0 Å². The molecule has 1 saturated carbocycles. The van der Waals surface area contributed by atoms with Gasteiger partial charge in [0, 0.05) is 5.54 Å². The van der Waals surface area contributed by atoms with Crippen LogP contribution in [-0.4, -0.2) is 0 Å². The zero-order valence-electron chi connectivity index (χ0n) is 9.47. The summed E-state index contributed by atoms with van der Waals surface area (Å²) < 4.78 is 0. The summed E-state index contributed by atoms with van der Waals surface area (Å²) in [6.07, 6.45) is 4.40. The minimum absolute atomic E-state index is 0.275. The van der Waals surface area contributed by atoms with Crippen LogP contribution in [0.15, 0.2) is 18.2 Å². The molecule has 1 aromatic rings. The third-order valence-corrected chi connectivity index (χ3v) is 4.54. The SMILES string of the molecule is CCC1CCC(N)(c2cccc(Cl)c2Cl)C1. The van der Waals surface area contributed by atoms with E-state index in [9.17, 15) is 0 Å². The summed E-state index contributed by atoms with van der Waals surface area (Å²) in [6.45, 7) is 2.22. The maximum absolute atomic E-state index is 6.47. The lowest BCUT2D eigenvalue weighted by molar-refractivity contribution is 0.424. The minimum atomic E-state index is -0.275. The maximum Gasteiger partial charge on any atom is 0.0642 e. The summed E-state index contributed by atoms with van der Waals surface area (Å²) >= 11 is 12.3. The third-order valence-electron chi connectivity index (χ3n) is 3.72. The zero-order chi connectivity index (χ0) is 11.8. The quantitative estimate of drug-likeness (QED) is 0.838. The predicted octanol–water partition coefficient (Wildman–Crippen LogP) is 4.36. The minimum Gasteiger partial charge on any atom is -0.321 e. The van der Waals surface area contributed by atoms with Gasteiger partial charge in [-0.15, -0.1) is 0 Å². The normalized spacial score (nSPS) is 29.6. The molecule has 88 valence electrons. The van der Waals surface area contributed by atoms with E-state index >= 15 is 0 Å². The lowest BCUT2D eigenvalue weighted by Gasteiger charge is -2.26. The first-order chi connectivity index (χ1) is 7.57. The number of hydrogen-bond donors (Lipinski definition) is 1. The van der Waals surface area contributed by atoms with Crippen LogP contribution in [-0.2, 0) is 5.54 Å². The Labute approximate surface area is 107 Å². The zero-order valence-corrected chi connectivity index (χ0v) is 11.0. The van der Waals surface area contributed by atoms with E-state index in [1.807, 2.05) is 18.2 Å². The number of benzene rings is 1. The van der Waals surface area contributed by atoms with Crippen LogP contribution in [0.5, 0.6) is 0 Å². The van der Waals surface area contributed by atoms with Gasteiger partial charge in [-0.3, -0.25) is 0 Å². The molecule has 0 saturated heterocycles. The highest BCUT2D eigenvalue weighted by Crippen LogP contribution is 2.44. The van der Waals surface area contributed by atoms with Gasteiger partial charge in [-0.25, -0.2) is 0 Å². The van der Waals surface area contributed by atoms with Gasteiger partial charge in [0.1, 0.15) is 0 Å². The molecule has 0 aromatic heterocycles. The van der Waals surface area contributed by atoms with Crippen molar-refractivity contribution in [1.82, 2.24) is 0 Å². The van der Waals surface area contributed by atoms with Crippen LogP contribution in [0.1, 0.15) is 38.2 Å². The Bertz CT molecular complexity index is 392. The first-order valence-electron chi connectivity index (χ1n) is 5.80. The highest BCUT2D eigenvalue weighted by Gasteiger charge is 2.37. The van der Waals surface area contributed by atoms with Crippen LogP contribution < -0.4 is 5.73 Å². The molecule has 1 aliphatic rings. The van der Waals surface area contributed by atoms with Crippen molar-refractivity contribution >= 4 is 23.2 Å². The van der Waals surface area contributed by atoms with E-state index in [2.05, 4.69) is 6.92 Å². The second kappa shape index (κ2) is 4.56. The van der Waals surface area contributed by atoms with Crippen LogP contribution in [0, 0.1) is 5.92 Å². The summed E-state index contributed by atoms with van der Waals surface area (Å²) in [5.74, 6) is 0.722. The Morgan fingerprint density at radius 1 is 1.44 bits per heavy atom. The molecule has 2 atom stereocenters. The van der Waals surface area contributed by atoms with Crippen LogP contribution in [0.3, 0.4) is 0 Å². The standard InChI is InChI=1S/C13H17Cl2N/c1-2-9-6-7-13(16,8-9)10-4-3-5-11(14)12(10)15/h3-5,9H,2,6-8,16H2,1H3. The predicted molar refractivity (Wildman–Crippen MR) is 70.0 cm³/mol. The van der Waals surface area contributed by atoms with Gasteiger partial charge in [0.2, 0.25) is 0 Å². The molecular formula is C13H17Cl2N. The van der Waals surface area contributed by atoms with Crippen molar-refractivity contribution in [1.29, 1.82) is 0 Å². The molecule has 2 rings (SSSR count). The topological polar surface area (TPSA) is 26.0 Å². The second-order valence-electron chi connectivity index (χ2n) is 4.77. The summed E-state index contributed by atoms with van der Waals surface area (Å²) in [5.41, 5.74) is 7.21. The van der Waals surface area contributed by atoms with Crippen molar-refractivity contribution in [3.63, 3.8) is 0 Å². The Morgan fingerprint density at radius 3 is 2.81 bits per heavy atom. The summed E-state index contributed by atoms with van der Waals surface area (Å²) in [6, 6.07) is 5.74. The Morgan fingerprint density at radius 2 is 2.19 bits per heavy atom. The van der Waals surface area contributed by atoms with Crippen molar-refractivity contribution < 1.29 is 0 Å². The van der Waals surface area contributed by atoms with E-state index in [1.165, 1.54) is 12.8 Å². The van der Waals surface area contributed by atoms with Gasteiger partial charge in [-0.2, -0.15) is 0 Å². The summed E-state index contributed by atoms with van der Waals surface area (Å²) in [5, 5.41) is 1.23. The van der Waals surface area contributed by atoms with E-state index in [-0.39, 0.29) is 5.54 Å². The van der Waals surface area contributed by atoms with Gasteiger partial charge in [-0.05, 0) is 36.8 Å². The fraction of sp³-hybridized carbons (Fsp3) is 0.538. The molecule has 0 heterocycles. The molecule has 0 amide bonds. The molecule has 0 bridgehead atoms. The lowest BCUT2D eigenvalue weighted by Crippen LogP contribution is -2.34. The van der Waals surface area contributed by atoms with E-state index < -0.39 is 0 Å². The molecule has 2 unspecified atom stereocenters. The van der Waals surface area contributed by atoms with E-state index in [1.54, 1.807) is 0 Å². The van der Waals surface area contributed by atoms with Gasteiger partial charge < -0.3 is 5.73 Å². The van der Waals surface area contributed by atoms with E-state index in [4.69, 9.17) is 28.9 Å². The Kier molecular flexibility index (Phi) is 3.48. The van der Waals surface area contributed by atoms with Crippen molar-refractivity contribution in [2.75, 3.05) is 0 Å². The number of rotatable bonds is 2. The average Bonchev–Trinajstić information content (AvgIpc) is 2.65. The number of hydrogen-bond acceptors (Lipinski definition) is 1. The Hall–Kier alpha value is -0.240. The van der Waals surface area contributed by atoms with Crippen molar-refractivity contribution in [2.45, 2.75) is 38.1 Å². The molecule has 0 radical (unpaired) electrons. The average molecular weight is 258 g/mol. The second-order valence-corrected chi connectivity index (χ2v) is 5.56. The van der Waals surface area contributed by atoms with Crippen molar-refractivity contribution in [3.05, 3.63) is 33.8 Å². The Balaban J connectivity index is 2.34. The lowest BCUT2D eigenvalue weighted by atomic mass is 9.88. The molecule has 3 heteroatoms. The molecule has 1 aliphatic carbocycles. The molecule has 1 aromatic carbocycles. The largest absolute Gasteiger partial charge is 0.321 e. The molecule has 16 heavy (non-hydrogen) atoms.